The van der Waals surface area contributed by atoms with Gasteiger partial charge in [0.2, 0.25) is 0 Å². The summed E-state index contributed by atoms with van der Waals surface area (Å²) in [5.74, 6) is 2.12. The van der Waals surface area contributed by atoms with Gasteiger partial charge in [0.15, 0.2) is 0 Å². The molecule has 2 aliphatic carbocycles. The van der Waals surface area contributed by atoms with Crippen molar-refractivity contribution in [3.05, 3.63) is 0 Å². The number of halogens is 1. The van der Waals surface area contributed by atoms with Gasteiger partial charge in [-0.25, -0.2) is 0 Å². The summed E-state index contributed by atoms with van der Waals surface area (Å²) >= 11 is 3.70. The Hall–Kier alpha value is 0.400. The molecule has 0 aromatic rings. The molecule has 0 saturated heterocycles. The normalized spacial score (nSPS) is 36.4. The molecule has 0 aliphatic heterocycles. The highest BCUT2D eigenvalue weighted by molar-refractivity contribution is 9.09. The zero-order valence-corrected chi connectivity index (χ0v) is 11.8. The van der Waals surface area contributed by atoms with Crippen LogP contribution in [-0.2, 0) is 9.47 Å². The molecule has 0 spiro atoms. The molecular weight excluding hydrogens is 268 g/mol. The number of fused-ring (bicyclic) bond motifs is 1. The number of methoxy groups -OCH3 is 1. The van der Waals surface area contributed by atoms with E-state index in [1.165, 1.54) is 25.7 Å². The average Bonchev–Trinajstić information content (AvgIpc) is 2.92. The Bertz CT molecular complexity index is 210. The maximum absolute atomic E-state index is 5.67. The van der Waals surface area contributed by atoms with Crippen LogP contribution in [0.4, 0.5) is 0 Å². The molecule has 3 heteroatoms. The number of hydrogen-bond acceptors (Lipinski definition) is 2. The van der Waals surface area contributed by atoms with Crippen molar-refractivity contribution in [2.75, 3.05) is 32.3 Å². The van der Waals surface area contributed by atoms with Crippen molar-refractivity contribution in [1.29, 1.82) is 0 Å². The molecular formula is C13H23BrO2. The monoisotopic (exact) mass is 290 g/mol. The van der Waals surface area contributed by atoms with Crippen LogP contribution in [0.2, 0.25) is 0 Å². The zero-order chi connectivity index (χ0) is 11.4. The van der Waals surface area contributed by atoms with Crippen LogP contribution in [0.3, 0.4) is 0 Å². The predicted octanol–water partition coefficient (Wildman–Crippen LogP) is 3.24. The second-order valence-corrected chi connectivity index (χ2v) is 6.07. The van der Waals surface area contributed by atoms with Crippen LogP contribution in [0.25, 0.3) is 0 Å². The largest absolute Gasteiger partial charge is 0.385 e. The minimum absolute atomic E-state index is 0.564. The van der Waals surface area contributed by atoms with Crippen LogP contribution < -0.4 is 0 Å². The lowest BCUT2D eigenvalue weighted by molar-refractivity contribution is 0.0794. The molecule has 94 valence electrons. The van der Waals surface area contributed by atoms with Crippen molar-refractivity contribution in [3.63, 3.8) is 0 Å². The molecule has 2 nitrogen and oxygen atoms in total. The molecule has 0 N–H and O–H groups in total. The highest BCUT2D eigenvalue weighted by Crippen LogP contribution is 2.61. The number of alkyl halides is 1. The van der Waals surface area contributed by atoms with E-state index in [1.54, 1.807) is 7.11 Å². The first kappa shape index (κ1) is 12.8. The van der Waals surface area contributed by atoms with Crippen LogP contribution in [0.5, 0.6) is 0 Å². The van der Waals surface area contributed by atoms with Gasteiger partial charge in [-0.2, -0.15) is 0 Å². The summed E-state index contributed by atoms with van der Waals surface area (Å²) in [5, 5.41) is 1.16. The van der Waals surface area contributed by atoms with E-state index in [-0.39, 0.29) is 0 Å². The molecule has 2 unspecified atom stereocenters. The van der Waals surface area contributed by atoms with Gasteiger partial charge in [-0.05, 0) is 49.4 Å². The van der Waals surface area contributed by atoms with Crippen molar-refractivity contribution in [2.24, 2.45) is 17.3 Å². The lowest BCUT2D eigenvalue weighted by Crippen LogP contribution is -2.23. The summed E-state index contributed by atoms with van der Waals surface area (Å²) in [5.41, 5.74) is 0.564. The average molecular weight is 291 g/mol. The first-order valence-electron chi connectivity index (χ1n) is 6.42. The highest BCUT2D eigenvalue weighted by Gasteiger charge is 2.52. The van der Waals surface area contributed by atoms with Gasteiger partial charge in [-0.1, -0.05) is 15.9 Å². The van der Waals surface area contributed by atoms with Gasteiger partial charge in [0.05, 0.1) is 0 Å². The minimum Gasteiger partial charge on any atom is -0.385 e. The molecule has 16 heavy (non-hydrogen) atoms. The molecule has 2 atom stereocenters. The Morgan fingerprint density at radius 2 is 1.94 bits per heavy atom. The maximum atomic E-state index is 5.67. The quantitative estimate of drug-likeness (QED) is 0.505. The number of ether oxygens (including phenoxy) is 2. The standard InChI is InChI=1S/C13H23BrO2/c1-15-4-2-5-16-6-3-13(10-14)8-11-7-12(11)9-13/h11-12H,2-10H2,1H3. The molecule has 0 radical (unpaired) electrons. The van der Waals surface area contributed by atoms with Crippen molar-refractivity contribution < 1.29 is 9.47 Å². The number of rotatable bonds is 8. The summed E-state index contributed by atoms with van der Waals surface area (Å²) in [7, 11) is 1.74. The third kappa shape index (κ3) is 3.21. The van der Waals surface area contributed by atoms with E-state index in [0.717, 1.165) is 43.4 Å². The maximum Gasteiger partial charge on any atom is 0.0487 e. The van der Waals surface area contributed by atoms with E-state index >= 15 is 0 Å². The smallest absolute Gasteiger partial charge is 0.0487 e. The molecule has 0 amide bonds. The van der Waals surface area contributed by atoms with E-state index in [0.29, 0.717) is 5.41 Å². The Labute approximate surface area is 107 Å². The third-order valence-corrected chi connectivity index (χ3v) is 5.35. The van der Waals surface area contributed by atoms with Crippen LogP contribution in [-0.4, -0.2) is 32.3 Å². The molecule has 2 fully saturated rings. The molecule has 0 aromatic heterocycles. The second-order valence-electron chi connectivity index (χ2n) is 5.51. The molecule has 2 rings (SSSR count). The van der Waals surface area contributed by atoms with E-state index in [4.69, 9.17) is 9.47 Å². The Balaban J connectivity index is 1.57. The van der Waals surface area contributed by atoms with Crippen LogP contribution in [0.15, 0.2) is 0 Å². The minimum atomic E-state index is 0.564. The van der Waals surface area contributed by atoms with Crippen molar-refractivity contribution in [3.8, 4) is 0 Å². The fourth-order valence-corrected chi connectivity index (χ4v) is 3.82. The lowest BCUT2D eigenvalue weighted by atomic mass is 9.82. The predicted molar refractivity (Wildman–Crippen MR) is 69.0 cm³/mol. The van der Waals surface area contributed by atoms with Crippen molar-refractivity contribution >= 4 is 15.9 Å². The Morgan fingerprint density at radius 3 is 2.56 bits per heavy atom. The first-order valence-corrected chi connectivity index (χ1v) is 7.54. The van der Waals surface area contributed by atoms with Crippen molar-refractivity contribution in [2.45, 2.75) is 32.1 Å². The molecule has 0 aromatic carbocycles. The molecule has 2 aliphatic rings. The van der Waals surface area contributed by atoms with E-state index < -0.39 is 0 Å². The molecule has 0 heterocycles. The summed E-state index contributed by atoms with van der Waals surface area (Å²) < 4.78 is 10.7. The summed E-state index contributed by atoms with van der Waals surface area (Å²) in [6, 6.07) is 0. The van der Waals surface area contributed by atoms with E-state index in [2.05, 4.69) is 15.9 Å². The van der Waals surface area contributed by atoms with Gasteiger partial charge >= 0.3 is 0 Å². The fourth-order valence-electron chi connectivity index (χ4n) is 3.08. The lowest BCUT2D eigenvalue weighted by Gasteiger charge is -2.28. The van der Waals surface area contributed by atoms with Gasteiger partial charge in [0.1, 0.15) is 0 Å². The van der Waals surface area contributed by atoms with Gasteiger partial charge in [0, 0.05) is 32.3 Å². The van der Waals surface area contributed by atoms with Crippen LogP contribution in [0.1, 0.15) is 32.1 Å². The molecule has 0 bridgehead atoms. The van der Waals surface area contributed by atoms with Crippen LogP contribution in [0, 0.1) is 17.3 Å². The first-order chi connectivity index (χ1) is 7.79. The summed E-state index contributed by atoms with van der Waals surface area (Å²) in [6.07, 6.45) is 6.62. The SMILES string of the molecule is COCCCOCCC1(CBr)CC2CC2C1. The highest BCUT2D eigenvalue weighted by atomic mass is 79.9. The van der Waals surface area contributed by atoms with Crippen molar-refractivity contribution in [1.82, 2.24) is 0 Å². The Morgan fingerprint density at radius 1 is 1.19 bits per heavy atom. The fraction of sp³-hybridized carbons (Fsp3) is 1.00. The summed E-state index contributed by atoms with van der Waals surface area (Å²) in [6.45, 7) is 2.58. The second kappa shape index (κ2) is 5.83. The van der Waals surface area contributed by atoms with Gasteiger partial charge in [-0.3, -0.25) is 0 Å². The molecule has 2 saturated carbocycles. The van der Waals surface area contributed by atoms with Gasteiger partial charge < -0.3 is 9.47 Å². The van der Waals surface area contributed by atoms with Gasteiger partial charge in [0.25, 0.3) is 0 Å². The van der Waals surface area contributed by atoms with E-state index in [9.17, 15) is 0 Å². The Kier molecular flexibility index (Phi) is 4.68. The topological polar surface area (TPSA) is 18.5 Å². The third-order valence-electron chi connectivity index (χ3n) is 4.16. The van der Waals surface area contributed by atoms with Gasteiger partial charge in [-0.15, -0.1) is 0 Å². The van der Waals surface area contributed by atoms with E-state index in [1.807, 2.05) is 0 Å². The van der Waals surface area contributed by atoms with Crippen LogP contribution >= 0.6 is 15.9 Å². The number of hydrogen-bond donors (Lipinski definition) is 0. The zero-order valence-electron chi connectivity index (χ0n) is 10.2. The summed E-state index contributed by atoms with van der Waals surface area (Å²) in [4.78, 5) is 0.